The van der Waals surface area contributed by atoms with Crippen LogP contribution in [0.3, 0.4) is 0 Å². The lowest BCUT2D eigenvalue weighted by Gasteiger charge is -2.08. The molecule has 7 nitrogen and oxygen atoms in total. The summed E-state index contributed by atoms with van der Waals surface area (Å²) in [5.74, 6) is 1.05. The molecule has 0 fully saturated rings. The second kappa shape index (κ2) is 9.19. The summed E-state index contributed by atoms with van der Waals surface area (Å²) in [5, 5.41) is 22.6. The van der Waals surface area contributed by atoms with Gasteiger partial charge in [-0.25, -0.2) is 4.79 Å². The number of rotatable bonds is 9. The number of anilines is 1. The van der Waals surface area contributed by atoms with E-state index in [2.05, 4.69) is 10.1 Å². The number of benzene rings is 1. The lowest BCUT2D eigenvalue weighted by atomic mass is 10.1. The smallest absolute Gasteiger partial charge is 0.337 e. The summed E-state index contributed by atoms with van der Waals surface area (Å²) >= 11 is 1.64. The van der Waals surface area contributed by atoms with E-state index in [1.807, 2.05) is 0 Å². The first kappa shape index (κ1) is 17.3. The third-order valence-electron chi connectivity index (χ3n) is 2.62. The van der Waals surface area contributed by atoms with E-state index in [1.54, 1.807) is 11.8 Å². The van der Waals surface area contributed by atoms with Gasteiger partial charge in [0.25, 0.3) is 5.69 Å². The molecule has 0 radical (unpaired) electrons. The van der Waals surface area contributed by atoms with Gasteiger partial charge in [-0.3, -0.25) is 10.1 Å². The first-order valence-corrected chi connectivity index (χ1v) is 7.55. The topological polar surface area (TPSA) is 102 Å². The van der Waals surface area contributed by atoms with Crippen molar-refractivity contribution in [2.45, 2.75) is 6.42 Å². The number of esters is 1. The molecule has 8 heteroatoms. The number of nitrogens with one attached hydrogen (secondary N) is 1. The second-order valence-electron chi connectivity index (χ2n) is 4.10. The van der Waals surface area contributed by atoms with Gasteiger partial charge in [-0.2, -0.15) is 11.8 Å². The van der Waals surface area contributed by atoms with Crippen molar-refractivity contribution in [2.24, 2.45) is 0 Å². The van der Waals surface area contributed by atoms with Crippen molar-refractivity contribution < 1.29 is 19.6 Å². The van der Waals surface area contributed by atoms with E-state index >= 15 is 0 Å². The molecule has 0 aliphatic rings. The van der Waals surface area contributed by atoms with E-state index in [1.165, 1.54) is 25.3 Å². The summed E-state index contributed by atoms with van der Waals surface area (Å²) in [6.45, 7) is 0.689. The van der Waals surface area contributed by atoms with Crippen LogP contribution in [0.4, 0.5) is 11.4 Å². The second-order valence-corrected chi connectivity index (χ2v) is 5.32. The molecule has 0 heterocycles. The average Bonchev–Trinajstić information content (AvgIpc) is 2.49. The highest BCUT2D eigenvalue weighted by atomic mass is 32.2. The maximum Gasteiger partial charge on any atom is 0.337 e. The van der Waals surface area contributed by atoms with E-state index < -0.39 is 10.9 Å². The highest BCUT2D eigenvalue weighted by molar-refractivity contribution is 7.99. The van der Waals surface area contributed by atoms with Crippen LogP contribution >= 0.6 is 11.8 Å². The van der Waals surface area contributed by atoms with Crippen LogP contribution in [-0.2, 0) is 4.74 Å². The molecule has 0 saturated heterocycles. The van der Waals surface area contributed by atoms with Gasteiger partial charge in [0, 0.05) is 25.0 Å². The number of nitro benzene ring substituents is 1. The van der Waals surface area contributed by atoms with E-state index in [-0.39, 0.29) is 17.9 Å². The van der Waals surface area contributed by atoms with Crippen LogP contribution in [-0.4, -0.2) is 47.8 Å². The van der Waals surface area contributed by atoms with Crippen molar-refractivity contribution >= 4 is 29.1 Å². The van der Waals surface area contributed by atoms with E-state index in [9.17, 15) is 14.9 Å². The Bertz CT molecular complexity index is 495. The highest BCUT2D eigenvalue weighted by Crippen LogP contribution is 2.25. The monoisotopic (exact) mass is 314 g/mol. The number of thioether (sulfide) groups is 1. The fourth-order valence-electron chi connectivity index (χ4n) is 1.61. The summed E-state index contributed by atoms with van der Waals surface area (Å²) in [4.78, 5) is 21.9. The SMILES string of the molecule is COC(=O)c1ccc([N+](=O)[O-])c(NCCSCCCO)c1. The number of nitro groups is 1. The number of nitrogens with zero attached hydrogens (tertiary/aromatic N) is 1. The summed E-state index contributed by atoms with van der Waals surface area (Å²) in [6, 6.07) is 4.07. The molecule has 0 atom stereocenters. The van der Waals surface area contributed by atoms with Crippen LogP contribution in [0.15, 0.2) is 18.2 Å². The number of hydrogen-bond acceptors (Lipinski definition) is 7. The van der Waals surface area contributed by atoms with Crippen LogP contribution in [0, 0.1) is 10.1 Å². The molecule has 1 aromatic rings. The Hall–Kier alpha value is -1.80. The molecule has 1 rings (SSSR count). The minimum absolute atomic E-state index is 0.0805. The largest absolute Gasteiger partial charge is 0.465 e. The first-order valence-electron chi connectivity index (χ1n) is 6.39. The summed E-state index contributed by atoms with van der Waals surface area (Å²) in [6.07, 6.45) is 0.725. The summed E-state index contributed by atoms with van der Waals surface area (Å²) < 4.78 is 4.60. The Labute approximate surface area is 126 Å². The van der Waals surface area contributed by atoms with Crippen molar-refractivity contribution in [1.29, 1.82) is 0 Å². The van der Waals surface area contributed by atoms with Crippen molar-refractivity contribution in [3.05, 3.63) is 33.9 Å². The number of methoxy groups -OCH3 is 1. The van der Waals surface area contributed by atoms with Crippen molar-refractivity contribution in [2.75, 3.05) is 37.1 Å². The molecule has 2 N–H and O–H groups in total. The van der Waals surface area contributed by atoms with Gasteiger partial charge in [0.1, 0.15) is 5.69 Å². The number of ether oxygens (including phenoxy) is 1. The molecule has 0 bridgehead atoms. The molecule has 0 aromatic heterocycles. The number of carbonyl (C=O) groups excluding carboxylic acids is 1. The number of aliphatic hydroxyl groups is 1. The van der Waals surface area contributed by atoms with Gasteiger partial charge in [0.2, 0.25) is 0 Å². The molecule has 0 saturated carbocycles. The molecule has 21 heavy (non-hydrogen) atoms. The molecule has 116 valence electrons. The third kappa shape index (κ3) is 5.60. The number of carbonyl (C=O) groups is 1. The highest BCUT2D eigenvalue weighted by Gasteiger charge is 2.16. The lowest BCUT2D eigenvalue weighted by molar-refractivity contribution is -0.384. The van der Waals surface area contributed by atoms with E-state index in [0.717, 1.165) is 17.9 Å². The zero-order valence-electron chi connectivity index (χ0n) is 11.7. The maximum absolute atomic E-state index is 11.4. The quantitative estimate of drug-likeness (QED) is 0.311. The van der Waals surface area contributed by atoms with E-state index in [0.29, 0.717) is 12.2 Å². The van der Waals surface area contributed by atoms with Gasteiger partial charge in [0.15, 0.2) is 0 Å². The Morgan fingerprint density at radius 2 is 2.24 bits per heavy atom. The Morgan fingerprint density at radius 3 is 2.86 bits per heavy atom. The predicted octanol–water partition coefficient (Wildman–Crippen LogP) is 1.91. The molecular formula is C13H18N2O5S. The molecule has 0 aliphatic heterocycles. The molecule has 0 unspecified atom stereocenters. The third-order valence-corrected chi connectivity index (χ3v) is 3.69. The van der Waals surface area contributed by atoms with Crippen LogP contribution in [0.1, 0.15) is 16.8 Å². The van der Waals surface area contributed by atoms with Crippen molar-refractivity contribution in [3.63, 3.8) is 0 Å². The van der Waals surface area contributed by atoms with Gasteiger partial charge >= 0.3 is 5.97 Å². The van der Waals surface area contributed by atoms with Crippen LogP contribution in [0.2, 0.25) is 0 Å². The van der Waals surface area contributed by atoms with Crippen molar-refractivity contribution in [1.82, 2.24) is 0 Å². The van der Waals surface area contributed by atoms with Crippen LogP contribution in [0.5, 0.6) is 0 Å². The molecule has 1 aromatic carbocycles. The molecule has 0 aliphatic carbocycles. The summed E-state index contributed by atoms with van der Waals surface area (Å²) in [5.41, 5.74) is 0.479. The predicted molar refractivity (Wildman–Crippen MR) is 82.0 cm³/mol. The number of aliphatic hydroxyl groups excluding tert-OH is 1. The molecule has 0 amide bonds. The van der Waals surface area contributed by atoms with Crippen LogP contribution in [0.25, 0.3) is 0 Å². The van der Waals surface area contributed by atoms with Gasteiger partial charge in [-0.05, 0) is 24.3 Å². The van der Waals surface area contributed by atoms with E-state index in [4.69, 9.17) is 5.11 Å². The summed E-state index contributed by atoms with van der Waals surface area (Å²) in [7, 11) is 1.26. The lowest BCUT2D eigenvalue weighted by Crippen LogP contribution is -2.09. The minimum Gasteiger partial charge on any atom is -0.465 e. The van der Waals surface area contributed by atoms with Crippen LogP contribution < -0.4 is 5.32 Å². The standard InChI is InChI=1S/C13H18N2O5S/c1-20-13(17)10-3-4-12(15(18)19)11(9-10)14-5-8-21-7-2-6-16/h3-4,9,14,16H,2,5-8H2,1H3. The average molecular weight is 314 g/mol. The molecule has 0 spiro atoms. The minimum atomic E-state index is -0.537. The fraction of sp³-hybridized carbons (Fsp3) is 0.462. The zero-order chi connectivity index (χ0) is 15.7. The maximum atomic E-state index is 11.4. The normalized spacial score (nSPS) is 10.2. The Kier molecular flexibility index (Phi) is 7.55. The van der Waals surface area contributed by atoms with Gasteiger partial charge in [-0.1, -0.05) is 0 Å². The van der Waals surface area contributed by atoms with Gasteiger partial charge in [0.05, 0.1) is 17.6 Å². The van der Waals surface area contributed by atoms with Gasteiger partial charge < -0.3 is 15.2 Å². The fourth-order valence-corrected chi connectivity index (χ4v) is 2.39. The Balaban J connectivity index is 2.68. The van der Waals surface area contributed by atoms with Gasteiger partial charge in [-0.15, -0.1) is 0 Å². The first-order chi connectivity index (χ1) is 10.1. The van der Waals surface area contributed by atoms with Crippen molar-refractivity contribution in [3.8, 4) is 0 Å². The zero-order valence-corrected chi connectivity index (χ0v) is 12.5. The number of hydrogen-bond donors (Lipinski definition) is 2. The Morgan fingerprint density at radius 1 is 1.48 bits per heavy atom. The molecular weight excluding hydrogens is 296 g/mol.